The lowest BCUT2D eigenvalue weighted by Gasteiger charge is -2.10. The lowest BCUT2D eigenvalue weighted by atomic mass is 10.3. The van der Waals surface area contributed by atoms with Crippen LogP contribution in [0, 0.1) is 11.7 Å². The molecule has 0 saturated heterocycles. The second-order valence-corrected chi connectivity index (χ2v) is 6.43. The lowest BCUT2D eigenvalue weighted by Crippen LogP contribution is -2.31. The molecule has 1 fully saturated rings. The Kier molecular flexibility index (Phi) is 3.70. The summed E-state index contributed by atoms with van der Waals surface area (Å²) in [6.07, 6.45) is 2.07. The monoisotopic (exact) mass is 277 g/mol. The third-order valence-electron chi connectivity index (χ3n) is 2.73. The zero-order valence-electron chi connectivity index (χ0n) is 9.07. The van der Waals surface area contributed by atoms with E-state index in [-0.39, 0.29) is 16.8 Å². The largest absolute Gasteiger partial charge is 0.243 e. The van der Waals surface area contributed by atoms with Gasteiger partial charge in [-0.1, -0.05) is 12.1 Å². The Balaban J connectivity index is 2.05. The minimum Gasteiger partial charge on any atom is -0.210 e. The fourth-order valence-corrected chi connectivity index (χ4v) is 3.11. The summed E-state index contributed by atoms with van der Waals surface area (Å²) < 4.78 is 39.2. The first-order chi connectivity index (χ1) is 8.00. The van der Waals surface area contributed by atoms with Crippen molar-refractivity contribution in [2.45, 2.75) is 23.1 Å². The summed E-state index contributed by atoms with van der Waals surface area (Å²) in [6.45, 7) is 0.142. The zero-order chi connectivity index (χ0) is 12.5. The first kappa shape index (κ1) is 12.8. The maximum Gasteiger partial charge on any atom is 0.243 e. The molecule has 0 radical (unpaired) electrons. The average molecular weight is 278 g/mol. The van der Waals surface area contributed by atoms with Gasteiger partial charge in [-0.25, -0.2) is 17.5 Å². The number of alkyl halides is 1. The molecule has 3 nitrogen and oxygen atoms in total. The van der Waals surface area contributed by atoms with Crippen LogP contribution >= 0.6 is 11.6 Å². The van der Waals surface area contributed by atoms with E-state index in [2.05, 4.69) is 4.72 Å². The summed E-state index contributed by atoms with van der Waals surface area (Å²) in [7, 11) is -3.80. The van der Waals surface area contributed by atoms with E-state index >= 15 is 0 Å². The molecular weight excluding hydrogens is 265 g/mol. The van der Waals surface area contributed by atoms with E-state index in [0.29, 0.717) is 5.92 Å². The maximum absolute atomic E-state index is 13.3. The van der Waals surface area contributed by atoms with Crippen LogP contribution in [-0.2, 0) is 10.0 Å². The molecule has 0 aromatic heterocycles. The molecule has 2 rings (SSSR count). The predicted octanol–water partition coefficient (Wildman–Crippen LogP) is 2.12. The molecule has 1 atom stereocenters. The Morgan fingerprint density at radius 3 is 2.65 bits per heavy atom. The number of nitrogens with one attached hydrogen (secondary N) is 1. The number of benzene rings is 1. The van der Waals surface area contributed by atoms with Gasteiger partial charge in [0.1, 0.15) is 10.7 Å². The molecule has 0 spiro atoms. The van der Waals surface area contributed by atoms with Gasteiger partial charge < -0.3 is 0 Å². The van der Waals surface area contributed by atoms with Crippen LogP contribution < -0.4 is 4.72 Å². The molecule has 1 aromatic carbocycles. The fraction of sp³-hybridized carbons (Fsp3) is 0.455. The molecule has 6 heteroatoms. The standard InChI is InChI=1S/C11H13ClFNO2S/c12-9(8-5-6-8)7-14-17(15,16)11-4-2-1-3-10(11)13/h1-4,8-9,14H,5-7H2. The van der Waals surface area contributed by atoms with Crippen LogP contribution in [0.1, 0.15) is 12.8 Å². The zero-order valence-corrected chi connectivity index (χ0v) is 10.6. The molecule has 1 aliphatic carbocycles. The molecule has 1 aliphatic rings. The topological polar surface area (TPSA) is 46.2 Å². The number of rotatable bonds is 5. The molecule has 1 N–H and O–H groups in total. The summed E-state index contributed by atoms with van der Waals surface area (Å²) in [4.78, 5) is -0.334. The maximum atomic E-state index is 13.3. The van der Waals surface area contributed by atoms with Crippen molar-refractivity contribution in [3.8, 4) is 0 Å². The Hall–Kier alpha value is -0.650. The lowest BCUT2D eigenvalue weighted by molar-refractivity contribution is 0.554. The predicted molar refractivity (Wildman–Crippen MR) is 64.0 cm³/mol. The van der Waals surface area contributed by atoms with Gasteiger partial charge >= 0.3 is 0 Å². The van der Waals surface area contributed by atoms with E-state index in [4.69, 9.17) is 11.6 Å². The van der Waals surface area contributed by atoms with Crippen LogP contribution in [0.5, 0.6) is 0 Å². The minimum absolute atomic E-state index is 0.142. The van der Waals surface area contributed by atoms with Crippen molar-refractivity contribution in [2.75, 3.05) is 6.54 Å². The summed E-state index contributed by atoms with van der Waals surface area (Å²) in [6, 6.07) is 5.28. The van der Waals surface area contributed by atoms with Crippen molar-refractivity contribution in [1.82, 2.24) is 4.72 Å². The van der Waals surface area contributed by atoms with Crippen molar-refractivity contribution in [1.29, 1.82) is 0 Å². The Morgan fingerprint density at radius 1 is 1.41 bits per heavy atom. The van der Waals surface area contributed by atoms with Crippen molar-refractivity contribution in [2.24, 2.45) is 5.92 Å². The Labute approximate surface area is 105 Å². The van der Waals surface area contributed by atoms with Crippen molar-refractivity contribution < 1.29 is 12.8 Å². The molecule has 0 amide bonds. The van der Waals surface area contributed by atoms with Gasteiger partial charge in [0.05, 0.1) is 0 Å². The van der Waals surface area contributed by atoms with E-state index in [9.17, 15) is 12.8 Å². The minimum atomic E-state index is -3.80. The van der Waals surface area contributed by atoms with E-state index in [0.717, 1.165) is 18.9 Å². The highest BCUT2D eigenvalue weighted by molar-refractivity contribution is 7.89. The van der Waals surface area contributed by atoms with E-state index in [1.54, 1.807) is 0 Å². The van der Waals surface area contributed by atoms with Gasteiger partial charge in [-0.3, -0.25) is 0 Å². The molecule has 17 heavy (non-hydrogen) atoms. The third-order valence-corrected chi connectivity index (χ3v) is 4.70. The molecule has 94 valence electrons. The molecule has 1 saturated carbocycles. The molecule has 0 bridgehead atoms. The van der Waals surface area contributed by atoms with Crippen molar-refractivity contribution >= 4 is 21.6 Å². The summed E-state index contributed by atoms with van der Waals surface area (Å²) >= 11 is 5.99. The summed E-state index contributed by atoms with van der Waals surface area (Å²) in [5.41, 5.74) is 0. The third kappa shape index (κ3) is 3.18. The van der Waals surface area contributed by atoms with Crippen molar-refractivity contribution in [3.63, 3.8) is 0 Å². The first-order valence-corrected chi connectivity index (χ1v) is 7.31. The quantitative estimate of drug-likeness (QED) is 0.838. The van der Waals surface area contributed by atoms with Crippen molar-refractivity contribution in [3.05, 3.63) is 30.1 Å². The summed E-state index contributed by atoms with van der Waals surface area (Å²) in [5.74, 6) is -0.363. The van der Waals surface area contributed by atoms with Gasteiger partial charge in [0, 0.05) is 11.9 Å². The molecule has 1 aromatic rings. The van der Waals surface area contributed by atoms with Crippen LogP contribution in [0.3, 0.4) is 0 Å². The van der Waals surface area contributed by atoms with Gasteiger partial charge in [-0.05, 0) is 30.9 Å². The Bertz CT molecular complexity index is 502. The van der Waals surface area contributed by atoms with E-state index in [1.807, 2.05) is 0 Å². The number of sulfonamides is 1. The van der Waals surface area contributed by atoms with Crippen LogP contribution in [0.25, 0.3) is 0 Å². The second-order valence-electron chi connectivity index (χ2n) is 4.14. The highest BCUT2D eigenvalue weighted by Gasteiger charge is 2.30. The van der Waals surface area contributed by atoms with Crippen LogP contribution in [-0.4, -0.2) is 20.3 Å². The van der Waals surface area contributed by atoms with Gasteiger partial charge in [0.15, 0.2) is 0 Å². The molecule has 0 aliphatic heterocycles. The molecule has 0 heterocycles. The number of hydrogen-bond donors (Lipinski definition) is 1. The normalized spacial score (nSPS) is 18.0. The first-order valence-electron chi connectivity index (χ1n) is 5.39. The molecule has 1 unspecified atom stereocenters. The van der Waals surface area contributed by atoms with Crippen LogP contribution in [0.4, 0.5) is 4.39 Å². The second kappa shape index (κ2) is 4.92. The van der Waals surface area contributed by atoms with E-state index < -0.39 is 15.8 Å². The summed E-state index contributed by atoms with van der Waals surface area (Å²) in [5, 5.41) is -0.212. The highest BCUT2D eigenvalue weighted by Crippen LogP contribution is 2.35. The number of hydrogen-bond acceptors (Lipinski definition) is 2. The fourth-order valence-electron chi connectivity index (χ4n) is 1.55. The van der Waals surface area contributed by atoms with Crippen LogP contribution in [0.2, 0.25) is 0 Å². The average Bonchev–Trinajstić information content (AvgIpc) is 3.10. The van der Waals surface area contributed by atoms with Crippen LogP contribution in [0.15, 0.2) is 29.2 Å². The highest BCUT2D eigenvalue weighted by atomic mass is 35.5. The Morgan fingerprint density at radius 2 is 2.06 bits per heavy atom. The van der Waals surface area contributed by atoms with Gasteiger partial charge in [-0.2, -0.15) is 0 Å². The molecular formula is C11H13ClFNO2S. The van der Waals surface area contributed by atoms with Gasteiger partial charge in [-0.15, -0.1) is 11.6 Å². The van der Waals surface area contributed by atoms with Gasteiger partial charge in [0.2, 0.25) is 10.0 Å². The SMILES string of the molecule is O=S(=O)(NCC(Cl)C1CC1)c1ccccc1F. The van der Waals surface area contributed by atoms with E-state index in [1.165, 1.54) is 18.2 Å². The number of halogens is 2. The smallest absolute Gasteiger partial charge is 0.210 e. The van der Waals surface area contributed by atoms with Gasteiger partial charge in [0.25, 0.3) is 0 Å².